The highest BCUT2D eigenvalue weighted by molar-refractivity contribution is 7.79. The van der Waals surface area contributed by atoms with Gasteiger partial charge in [0.25, 0.3) is 0 Å². The molecule has 1 N–H and O–H groups in total. The second-order valence-electron chi connectivity index (χ2n) is 6.14. The van der Waals surface area contributed by atoms with E-state index in [0.717, 1.165) is 11.2 Å². The molecule has 1 heterocycles. The molecule has 0 aromatic heterocycles. The van der Waals surface area contributed by atoms with Gasteiger partial charge in [0, 0.05) is 18.0 Å². The summed E-state index contributed by atoms with van der Waals surface area (Å²) in [7, 11) is -0.377. The van der Waals surface area contributed by atoms with Crippen molar-refractivity contribution in [1.82, 2.24) is 0 Å². The molecule has 2 rings (SSSR count). The summed E-state index contributed by atoms with van der Waals surface area (Å²) in [5, 5.41) is 3.05. The van der Waals surface area contributed by atoms with Crippen LogP contribution in [0.3, 0.4) is 0 Å². The molecule has 5 nitrogen and oxygen atoms in total. The lowest BCUT2D eigenvalue weighted by atomic mass is 9.79. The molecule has 1 aliphatic heterocycles. The van der Waals surface area contributed by atoms with Gasteiger partial charge in [0.15, 0.2) is 0 Å². The average Bonchev–Trinajstić information content (AvgIpc) is 2.59. The highest BCUT2D eigenvalue weighted by atomic mass is 32.2. The van der Waals surface area contributed by atoms with E-state index in [-0.39, 0.29) is 24.1 Å². The van der Waals surface area contributed by atoms with Crippen LogP contribution in [-0.2, 0) is 20.4 Å². The van der Waals surface area contributed by atoms with Gasteiger partial charge >= 0.3 is 7.12 Å². The van der Waals surface area contributed by atoms with Crippen LogP contribution >= 0.6 is 0 Å². The molecule has 1 aromatic carbocycles. The molecule has 1 saturated heterocycles. The largest absolute Gasteiger partial charge is 0.772 e. The predicted molar refractivity (Wildman–Crippen MR) is 84.4 cm³/mol. The van der Waals surface area contributed by atoms with Crippen LogP contribution < -0.4 is 10.8 Å². The van der Waals surface area contributed by atoms with Crippen LogP contribution in [-0.4, -0.2) is 39.4 Å². The molecule has 0 amide bonds. The van der Waals surface area contributed by atoms with Gasteiger partial charge in [0.05, 0.1) is 11.2 Å². The Morgan fingerprint density at radius 2 is 1.67 bits per heavy atom. The number of nitrogens with one attached hydrogen (secondary N) is 1. The van der Waals surface area contributed by atoms with Crippen LogP contribution in [0.15, 0.2) is 24.3 Å². The number of rotatable bonds is 5. The van der Waals surface area contributed by atoms with Gasteiger partial charge in [-0.05, 0) is 45.3 Å². The minimum atomic E-state index is -2.02. The van der Waals surface area contributed by atoms with Crippen LogP contribution in [0.4, 0.5) is 5.69 Å². The molecule has 1 aliphatic rings. The third-order valence-corrected chi connectivity index (χ3v) is 4.57. The van der Waals surface area contributed by atoms with E-state index in [4.69, 9.17) is 9.31 Å². The Morgan fingerprint density at radius 1 is 1.14 bits per heavy atom. The zero-order chi connectivity index (χ0) is 15.7. The maximum atomic E-state index is 10.5. The Morgan fingerprint density at radius 3 is 2.14 bits per heavy atom. The number of hydrogen-bond acceptors (Lipinski definition) is 5. The normalized spacial score (nSPS) is 21.3. The number of hydrogen-bond donors (Lipinski definition) is 1. The summed E-state index contributed by atoms with van der Waals surface area (Å²) in [5.41, 5.74) is 1.12. The third kappa shape index (κ3) is 3.85. The fourth-order valence-electron chi connectivity index (χ4n) is 2.02. The molecule has 7 heteroatoms. The SMILES string of the molecule is CC1(C)OB(c2ccc(NCCS(=O)[O-])cc2)OC1(C)C. The molecule has 0 aliphatic carbocycles. The summed E-state index contributed by atoms with van der Waals surface area (Å²) < 4.78 is 32.9. The maximum Gasteiger partial charge on any atom is 0.494 e. The molecule has 0 bridgehead atoms. The van der Waals surface area contributed by atoms with Crippen molar-refractivity contribution in [2.45, 2.75) is 38.9 Å². The molecule has 21 heavy (non-hydrogen) atoms. The summed E-state index contributed by atoms with van der Waals surface area (Å²) in [6.45, 7) is 8.47. The molecule has 1 atom stereocenters. The van der Waals surface area contributed by atoms with Gasteiger partial charge in [-0.1, -0.05) is 23.2 Å². The highest BCUT2D eigenvalue weighted by Crippen LogP contribution is 2.36. The van der Waals surface area contributed by atoms with Gasteiger partial charge < -0.3 is 19.2 Å². The van der Waals surface area contributed by atoms with Gasteiger partial charge in [-0.2, -0.15) is 0 Å². The molecule has 116 valence electrons. The Bertz CT molecular complexity index is 502. The Hall–Kier alpha value is -0.885. The fourth-order valence-corrected chi connectivity index (χ4v) is 2.28. The van der Waals surface area contributed by atoms with Crippen LogP contribution in [0.2, 0.25) is 0 Å². The lowest BCUT2D eigenvalue weighted by Crippen LogP contribution is -2.41. The van der Waals surface area contributed by atoms with Crippen molar-refractivity contribution in [2.75, 3.05) is 17.6 Å². The minimum Gasteiger partial charge on any atom is -0.772 e. The first kappa shape index (κ1) is 16.5. The second-order valence-corrected chi connectivity index (χ2v) is 7.16. The molecular formula is C14H21BNO4S-. The third-order valence-electron chi connectivity index (χ3n) is 4.03. The van der Waals surface area contributed by atoms with E-state index in [1.54, 1.807) is 0 Å². The monoisotopic (exact) mass is 310 g/mol. The van der Waals surface area contributed by atoms with Crippen molar-refractivity contribution in [3.63, 3.8) is 0 Å². The first-order valence-electron chi connectivity index (χ1n) is 6.97. The zero-order valence-electron chi connectivity index (χ0n) is 12.8. The van der Waals surface area contributed by atoms with E-state index in [1.807, 2.05) is 52.0 Å². The van der Waals surface area contributed by atoms with Gasteiger partial charge in [-0.15, -0.1) is 0 Å². The van der Waals surface area contributed by atoms with E-state index >= 15 is 0 Å². The Kier molecular flexibility index (Phi) is 4.77. The van der Waals surface area contributed by atoms with E-state index in [9.17, 15) is 8.76 Å². The lowest BCUT2D eigenvalue weighted by molar-refractivity contribution is 0.00578. The molecule has 1 unspecified atom stereocenters. The maximum absolute atomic E-state index is 10.5. The predicted octanol–water partition coefficient (Wildman–Crippen LogP) is 1.28. The van der Waals surface area contributed by atoms with Crippen LogP contribution in [0, 0.1) is 0 Å². The van der Waals surface area contributed by atoms with E-state index in [2.05, 4.69) is 5.32 Å². The number of benzene rings is 1. The molecule has 0 radical (unpaired) electrons. The fraction of sp³-hybridized carbons (Fsp3) is 0.571. The summed E-state index contributed by atoms with van der Waals surface area (Å²) >= 11 is -2.02. The van der Waals surface area contributed by atoms with Crippen molar-refractivity contribution in [1.29, 1.82) is 0 Å². The quantitative estimate of drug-likeness (QED) is 0.655. The lowest BCUT2D eigenvalue weighted by Gasteiger charge is -2.32. The van der Waals surface area contributed by atoms with Crippen LogP contribution in [0.1, 0.15) is 27.7 Å². The van der Waals surface area contributed by atoms with Crippen molar-refractivity contribution in [2.24, 2.45) is 0 Å². The summed E-state index contributed by atoms with van der Waals surface area (Å²) in [6, 6.07) is 7.65. The summed E-state index contributed by atoms with van der Waals surface area (Å²) in [4.78, 5) is 0. The second kappa shape index (κ2) is 6.08. The molecule has 0 saturated carbocycles. The summed E-state index contributed by atoms with van der Waals surface area (Å²) in [6.07, 6.45) is 0. The van der Waals surface area contributed by atoms with Gasteiger partial charge in [-0.25, -0.2) is 0 Å². The Balaban J connectivity index is 1.99. The van der Waals surface area contributed by atoms with Gasteiger partial charge in [0.1, 0.15) is 0 Å². The van der Waals surface area contributed by atoms with Crippen LogP contribution in [0.5, 0.6) is 0 Å². The highest BCUT2D eigenvalue weighted by Gasteiger charge is 2.51. The minimum absolute atomic E-state index is 0.0962. The smallest absolute Gasteiger partial charge is 0.494 e. The standard InChI is InChI=1S/C14H22BNO4S/c1-13(2)14(3,4)20-15(19-13)11-5-7-12(8-6-11)16-9-10-21(17)18/h5-8,16H,9-10H2,1-4H3,(H,17,18)/p-1. The first-order valence-corrected chi connectivity index (χ1v) is 8.21. The van der Waals surface area contributed by atoms with Crippen molar-refractivity contribution < 1.29 is 18.1 Å². The van der Waals surface area contributed by atoms with E-state index < -0.39 is 11.1 Å². The molecule has 0 spiro atoms. The van der Waals surface area contributed by atoms with Gasteiger partial charge in [0.2, 0.25) is 0 Å². The summed E-state index contributed by atoms with van der Waals surface area (Å²) in [5.74, 6) is 0.0962. The van der Waals surface area contributed by atoms with E-state index in [0.29, 0.717) is 6.54 Å². The molecule has 1 aromatic rings. The van der Waals surface area contributed by atoms with Crippen molar-refractivity contribution in [3.8, 4) is 0 Å². The van der Waals surface area contributed by atoms with E-state index in [1.165, 1.54) is 0 Å². The Labute approximate surface area is 128 Å². The van der Waals surface area contributed by atoms with Crippen LogP contribution in [0.25, 0.3) is 0 Å². The van der Waals surface area contributed by atoms with Crippen molar-refractivity contribution >= 4 is 29.3 Å². The van der Waals surface area contributed by atoms with Gasteiger partial charge in [-0.3, -0.25) is 4.21 Å². The first-order chi connectivity index (χ1) is 9.71. The molecule has 1 fully saturated rings. The van der Waals surface area contributed by atoms with Crippen molar-refractivity contribution in [3.05, 3.63) is 24.3 Å². The number of anilines is 1. The zero-order valence-corrected chi connectivity index (χ0v) is 13.7. The topological polar surface area (TPSA) is 70.6 Å². The average molecular weight is 310 g/mol. The molecular weight excluding hydrogens is 289 g/mol.